The minimum absolute atomic E-state index is 0.0945. The van der Waals surface area contributed by atoms with Crippen LogP contribution < -0.4 is 0 Å². The maximum atomic E-state index is 12.8. The first kappa shape index (κ1) is 15.4. The van der Waals surface area contributed by atoms with E-state index < -0.39 is 0 Å². The van der Waals surface area contributed by atoms with E-state index in [9.17, 15) is 9.59 Å². The fourth-order valence-corrected chi connectivity index (χ4v) is 3.26. The molecule has 126 valence electrons. The van der Waals surface area contributed by atoms with Crippen LogP contribution in [0.25, 0.3) is 5.65 Å². The van der Waals surface area contributed by atoms with Crippen LogP contribution in [0, 0.1) is 5.92 Å². The first-order chi connectivity index (χ1) is 12.2. The van der Waals surface area contributed by atoms with Crippen molar-refractivity contribution in [3.63, 3.8) is 0 Å². The molecule has 4 rings (SSSR count). The molecule has 0 aliphatic carbocycles. The van der Waals surface area contributed by atoms with Crippen molar-refractivity contribution >= 4 is 17.3 Å². The number of benzene rings is 1. The highest BCUT2D eigenvalue weighted by atomic mass is 16.2. The van der Waals surface area contributed by atoms with Gasteiger partial charge in [-0.15, -0.1) is 5.10 Å². The maximum absolute atomic E-state index is 12.8. The summed E-state index contributed by atoms with van der Waals surface area (Å²) in [7, 11) is 0. The highest BCUT2D eigenvalue weighted by Crippen LogP contribution is 2.22. The molecule has 1 fully saturated rings. The second-order valence-electron chi connectivity index (χ2n) is 6.22. The minimum Gasteiger partial charge on any atom is -0.338 e. The Labute approximate surface area is 144 Å². The summed E-state index contributed by atoms with van der Waals surface area (Å²) in [5.41, 5.74) is 1.82. The Morgan fingerprint density at radius 2 is 1.88 bits per heavy atom. The number of nitrogens with zero attached hydrogens (tertiary/aromatic N) is 5. The van der Waals surface area contributed by atoms with Gasteiger partial charge in [0.15, 0.2) is 11.4 Å². The Morgan fingerprint density at radius 1 is 1.04 bits per heavy atom. The molecule has 1 amide bonds. The molecule has 0 bridgehead atoms. The number of hydrogen-bond acceptors (Lipinski definition) is 5. The second kappa shape index (κ2) is 6.43. The van der Waals surface area contributed by atoms with E-state index in [2.05, 4.69) is 15.5 Å². The van der Waals surface area contributed by atoms with Gasteiger partial charge in [-0.3, -0.25) is 9.59 Å². The number of piperidine rings is 1. The van der Waals surface area contributed by atoms with Gasteiger partial charge < -0.3 is 4.90 Å². The molecule has 25 heavy (non-hydrogen) atoms. The van der Waals surface area contributed by atoms with Gasteiger partial charge in [0.25, 0.3) is 5.91 Å². The first-order valence-electron chi connectivity index (χ1n) is 8.28. The van der Waals surface area contributed by atoms with Crippen molar-refractivity contribution in [1.29, 1.82) is 0 Å². The number of ketones is 1. The molecule has 7 heteroatoms. The lowest BCUT2D eigenvalue weighted by atomic mass is 9.90. The van der Waals surface area contributed by atoms with Crippen molar-refractivity contribution in [3.05, 3.63) is 59.8 Å². The number of rotatable bonds is 3. The normalized spacial score (nSPS) is 17.6. The van der Waals surface area contributed by atoms with Crippen LogP contribution in [0.3, 0.4) is 0 Å². The van der Waals surface area contributed by atoms with Gasteiger partial charge in [-0.05, 0) is 35.4 Å². The van der Waals surface area contributed by atoms with Crippen LogP contribution >= 0.6 is 0 Å². The standard InChI is InChI=1S/C18H17N5O2/c24-17(13-5-2-1-3-6-13)14-7-4-10-22(11-14)18(25)15-8-9-16-19-20-21-23(16)12-15/h1-3,5-6,8-9,12,14H,4,7,10-11H2/t14-/m0/s1. The molecule has 0 N–H and O–H groups in total. The van der Waals surface area contributed by atoms with E-state index in [1.165, 1.54) is 4.52 Å². The van der Waals surface area contributed by atoms with E-state index in [1.807, 2.05) is 30.3 Å². The zero-order valence-electron chi connectivity index (χ0n) is 13.6. The predicted molar refractivity (Wildman–Crippen MR) is 90.2 cm³/mol. The SMILES string of the molecule is O=C(c1ccccc1)[C@H]1CCCN(C(=O)c2ccc3nnnn3c2)C1. The first-order valence-corrected chi connectivity index (χ1v) is 8.28. The van der Waals surface area contributed by atoms with E-state index in [0.717, 1.165) is 12.8 Å². The summed E-state index contributed by atoms with van der Waals surface area (Å²) in [6.07, 6.45) is 3.26. The fraction of sp³-hybridized carbons (Fsp3) is 0.278. The molecule has 3 aromatic rings. The summed E-state index contributed by atoms with van der Waals surface area (Å²) < 4.78 is 1.48. The number of carbonyl (C=O) groups is 2. The molecule has 0 saturated carbocycles. The van der Waals surface area contributed by atoms with E-state index in [-0.39, 0.29) is 17.6 Å². The summed E-state index contributed by atoms with van der Waals surface area (Å²) in [6.45, 7) is 1.10. The van der Waals surface area contributed by atoms with Crippen LogP contribution in [-0.2, 0) is 0 Å². The Morgan fingerprint density at radius 3 is 2.72 bits per heavy atom. The van der Waals surface area contributed by atoms with Crippen LogP contribution in [0.5, 0.6) is 0 Å². The zero-order chi connectivity index (χ0) is 17.2. The highest BCUT2D eigenvalue weighted by molar-refractivity contribution is 5.99. The molecule has 1 aliphatic rings. The highest BCUT2D eigenvalue weighted by Gasteiger charge is 2.29. The van der Waals surface area contributed by atoms with Gasteiger partial charge in [0.1, 0.15) is 0 Å². The predicted octanol–water partition coefficient (Wildman–Crippen LogP) is 1.86. The number of carbonyl (C=O) groups excluding carboxylic acids is 2. The monoisotopic (exact) mass is 335 g/mol. The largest absolute Gasteiger partial charge is 0.338 e. The number of fused-ring (bicyclic) bond motifs is 1. The zero-order valence-corrected chi connectivity index (χ0v) is 13.6. The van der Waals surface area contributed by atoms with Crippen LogP contribution in [0.4, 0.5) is 0 Å². The number of hydrogen-bond donors (Lipinski definition) is 0. The Kier molecular flexibility index (Phi) is 3.97. The average Bonchev–Trinajstić information content (AvgIpc) is 3.15. The van der Waals surface area contributed by atoms with Gasteiger partial charge in [0.05, 0.1) is 5.56 Å². The van der Waals surface area contributed by atoms with Crippen LogP contribution in [-0.4, -0.2) is 49.7 Å². The fourth-order valence-electron chi connectivity index (χ4n) is 3.26. The molecular formula is C18H17N5O2. The van der Waals surface area contributed by atoms with E-state index in [1.54, 1.807) is 23.2 Å². The van der Waals surface area contributed by atoms with Gasteiger partial charge in [-0.1, -0.05) is 30.3 Å². The van der Waals surface area contributed by atoms with Gasteiger partial charge in [0.2, 0.25) is 0 Å². The molecule has 7 nitrogen and oxygen atoms in total. The van der Waals surface area contributed by atoms with Crippen molar-refractivity contribution in [1.82, 2.24) is 24.9 Å². The minimum atomic E-state index is -0.156. The van der Waals surface area contributed by atoms with Crippen molar-refractivity contribution in [2.24, 2.45) is 5.92 Å². The molecule has 2 aromatic heterocycles. The Balaban J connectivity index is 1.52. The number of aromatic nitrogens is 4. The van der Waals surface area contributed by atoms with Crippen molar-refractivity contribution < 1.29 is 9.59 Å². The summed E-state index contributed by atoms with van der Waals surface area (Å²) in [4.78, 5) is 27.2. The van der Waals surface area contributed by atoms with Gasteiger partial charge in [-0.2, -0.15) is 4.52 Å². The van der Waals surface area contributed by atoms with E-state index >= 15 is 0 Å². The molecule has 0 unspecified atom stereocenters. The number of tetrazole rings is 1. The number of Topliss-reactive ketones (excluding diaryl/α,β-unsaturated/α-hetero) is 1. The quantitative estimate of drug-likeness (QED) is 0.683. The van der Waals surface area contributed by atoms with Gasteiger partial charge in [0, 0.05) is 30.8 Å². The average molecular weight is 335 g/mol. The van der Waals surface area contributed by atoms with Crippen LogP contribution in [0.15, 0.2) is 48.7 Å². The number of pyridine rings is 1. The third-order valence-electron chi connectivity index (χ3n) is 4.58. The molecular weight excluding hydrogens is 318 g/mol. The Hall–Kier alpha value is -3.09. The van der Waals surface area contributed by atoms with E-state index in [0.29, 0.717) is 29.9 Å². The molecule has 0 radical (unpaired) electrons. The molecule has 1 aromatic carbocycles. The van der Waals surface area contributed by atoms with Crippen molar-refractivity contribution in [3.8, 4) is 0 Å². The molecule has 1 aliphatic heterocycles. The van der Waals surface area contributed by atoms with Crippen LogP contribution in [0.2, 0.25) is 0 Å². The lowest BCUT2D eigenvalue weighted by Crippen LogP contribution is -2.42. The maximum Gasteiger partial charge on any atom is 0.255 e. The lowest BCUT2D eigenvalue weighted by molar-refractivity contribution is 0.0636. The molecule has 1 atom stereocenters. The molecule has 0 spiro atoms. The van der Waals surface area contributed by atoms with Gasteiger partial charge >= 0.3 is 0 Å². The lowest BCUT2D eigenvalue weighted by Gasteiger charge is -2.32. The third kappa shape index (κ3) is 3.00. The summed E-state index contributed by atoms with van der Waals surface area (Å²) in [5, 5.41) is 11.2. The summed E-state index contributed by atoms with van der Waals surface area (Å²) in [5.74, 6) is -0.145. The number of amides is 1. The molecule has 1 saturated heterocycles. The number of likely N-dealkylation sites (tertiary alicyclic amines) is 1. The van der Waals surface area contributed by atoms with Crippen molar-refractivity contribution in [2.45, 2.75) is 12.8 Å². The summed E-state index contributed by atoms with van der Waals surface area (Å²) >= 11 is 0. The van der Waals surface area contributed by atoms with Gasteiger partial charge in [-0.25, -0.2) is 0 Å². The second-order valence-corrected chi connectivity index (χ2v) is 6.22. The summed E-state index contributed by atoms with van der Waals surface area (Å²) in [6, 6.07) is 12.7. The molecule has 3 heterocycles. The smallest absolute Gasteiger partial charge is 0.255 e. The Bertz CT molecular complexity index is 921. The topological polar surface area (TPSA) is 80.5 Å². The van der Waals surface area contributed by atoms with Crippen molar-refractivity contribution in [2.75, 3.05) is 13.1 Å². The third-order valence-corrected chi connectivity index (χ3v) is 4.58. The van der Waals surface area contributed by atoms with E-state index in [4.69, 9.17) is 0 Å². The van der Waals surface area contributed by atoms with Crippen LogP contribution in [0.1, 0.15) is 33.6 Å².